The van der Waals surface area contributed by atoms with Gasteiger partial charge in [-0.15, -0.1) is 0 Å². The summed E-state index contributed by atoms with van der Waals surface area (Å²) in [6.45, 7) is 14.1. The van der Waals surface area contributed by atoms with Crippen LogP contribution in [0.3, 0.4) is 0 Å². The van der Waals surface area contributed by atoms with Crippen LogP contribution in [0.15, 0.2) is 0 Å². The number of hydrogen-bond donors (Lipinski definition) is 3. The second-order valence-electron chi connectivity index (χ2n) is 28.0. The lowest BCUT2D eigenvalue weighted by Crippen LogP contribution is -2.30. The van der Waals surface area contributed by atoms with Gasteiger partial charge in [-0.2, -0.15) is 0 Å². The molecule has 0 heterocycles. The van der Waals surface area contributed by atoms with Gasteiger partial charge in [-0.1, -0.05) is 312 Å². The molecule has 17 nitrogen and oxygen atoms in total. The van der Waals surface area contributed by atoms with Crippen molar-refractivity contribution in [3.63, 3.8) is 0 Å². The van der Waals surface area contributed by atoms with Gasteiger partial charge in [0.15, 0.2) is 12.2 Å². The Morgan fingerprint density at radius 1 is 0.304 bits per heavy atom. The molecule has 4 unspecified atom stereocenters. The van der Waals surface area contributed by atoms with E-state index in [-0.39, 0.29) is 25.7 Å². The van der Waals surface area contributed by atoms with Crippen LogP contribution in [0.25, 0.3) is 0 Å². The Kier molecular flexibility index (Phi) is 61.3. The van der Waals surface area contributed by atoms with Gasteiger partial charge < -0.3 is 33.8 Å². The molecule has 0 saturated heterocycles. The molecule has 0 radical (unpaired) electrons. The average molecular weight is 1350 g/mol. The summed E-state index contributed by atoms with van der Waals surface area (Å²) in [5, 5.41) is 10.6. The van der Waals surface area contributed by atoms with Gasteiger partial charge in [0.1, 0.15) is 19.3 Å². The quantitative estimate of drug-likeness (QED) is 0.0222. The van der Waals surface area contributed by atoms with Crippen molar-refractivity contribution in [1.29, 1.82) is 0 Å². The van der Waals surface area contributed by atoms with Gasteiger partial charge in [-0.3, -0.25) is 37.3 Å². The molecule has 0 spiro atoms. The molecule has 6 atom stereocenters. The molecular weight excluding hydrogens is 1210 g/mol. The van der Waals surface area contributed by atoms with Crippen molar-refractivity contribution >= 4 is 39.5 Å². The van der Waals surface area contributed by atoms with Gasteiger partial charge in [0.2, 0.25) is 0 Å². The third-order valence-electron chi connectivity index (χ3n) is 17.2. The zero-order chi connectivity index (χ0) is 68.2. The predicted molar refractivity (Wildman–Crippen MR) is 372 cm³/mol. The third kappa shape index (κ3) is 65.4. The Labute approximate surface area is 562 Å². The molecule has 0 fully saturated rings. The van der Waals surface area contributed by atoms with Gasteiger partial charge in [0.25, 0.3) is 0 Å². The number of aliphatic hydroxyl groups excluding tert-OH is 1. The molecule has 0 amide bonds. The summed E-state index contributed by atoms with van der Waals surface area (Å²) in [4.78, 5) is 72.6. The molecule has 3 N–H and O–H groups in total. The smallest absolute Gasteiger partial charge is 0.462 e. The fourth-order valence-electron chi connectivity index (χ4n) is 11.0. The molecule has 546 valence electrons. The van der Waals surface area contributed by atoms with E-state index in [0.717, 1.165) is 108 Å². The van der Waals surface area contributed by atoms with Crippen molar-refractivity contribution in [3.8, 4) is 0 Å². The molecule has 0 saturated carbocycles. The highest BCUT2D eigenvalue weighted by Crippen LogP contribution is 2.45. The lowest BCUT2D eigenvalue weighted by atomic mass is 9.99. The summed E-state index contributed by atoms with van der Waals surface area (Å²) in [6, 6.07) is 0. The highest BCUT2D eigenvalue weighted by Gasteiger charge is 2.30. The number of aliphatic hydroxyl groups is 1. The van der Waals surface area contributed by atoms with Crippen LogP contribution in [-0.2, 0) is 65.4 Å². The molecule has 0 aromatic carbocycles. The fraction of sp³-hybridized carbons (Fsp3) is 0.945. The minimum absolute atomic E-state index is 0.102. The van der Waals surface area contributed by atoms with Crippen LogP contribution in [0.4, 0.5) is 0 Å². The number of hydrogen-bond acceptors (Lipinski definition) is 15. The van der Waals surface area contributed by atoms with Crippen LogP contribution < -0.4 is 0 Å². The van der Waals surface area contributed by atoms with Gasteiger partial charge in [0.05, 0.1) is 26.4 Å². The van der Waals surface area contributed by atoms with E-state index in [4.69, 9.17) is 37.0 Å². The molecule has 0 aliphatic rings. The van der Waals surface area contributed by atoms with Crippen molar-refractivity contribution < 1.29 is 80.2 Å². The molecular formula is C73H142O17P2. The topological polar surface area (TPSA) is 237 Å². The number of esters is 4. The predicted octanol–water partition coefficient (Wildman–Crippen LogP) is 20.9. The first-order chi connectivity index (χ1) is 44.1. The van der Waals surface area contributed by atoms with Gasteiger partial charge in [0, 0.05) is 25.7 Å². The minimum atomic E-state index is -4.95. The molecule has 0 aliphatic carbocycles. The zero-order valence-corrected chi connectivity index (χ0v) is 62.0. The summed E-state index contributed by atoms with van der Waals surface area (Å²) in [6.07, 6.45) is 46.1. The van der Waals surface area contributed by atoms with Crippen molar-refractivity contribution in [2.45, 2.75) is 382 Å². The Hall–Kier alpha value is -1.94. The van der Waals surface area contributed by atoms with E-state index in [1.54, 1.807) is 0 Å². The number of ether oxygens (including phenoxy) is 4. The average Bonchev–Trinajstić information content (AvgIpc) is 2.35. The number of carbonyl (C=O) groups excluding carboxylic acids is 4. The molecule has 0 aromatic heterocycles. The highest BCUT2D eigenvalue weighted by atomic mass is 31.2. The summed E-state index contributed by atoms with van der Waals surface area (Å²) in [7, 11) is -9.91. The van der Waals surface area contributed by atoms with Gasteiger partial charge >= 0.3 is 39.5 Å². The number of rotatable bonds is 70. The van der Waals surface area contributed by atoms with Crippen LogP contribution >= 0.6 is 15.6 Å². The summed E-state index contributed by atoms with van der Waals surface area (Å²) < 4.78 is 68.3. The van der Waals surface area contributed by atoms with E-state index in [1.807, 2.05) is 0 Å². The summed E-state index contributed by atoms with van der Waals surface area (Å²) in [5.41, 5.74) is 0. The van der Waals surface area contributed by atoms with E-state index in [0.29, 0.717) is 37.5 Å². The Bertz CT molecular complexity index is 1820. The molecule has 0 rings (SSSR count). The summed E-state index contributed by atoms with van der Waals surface area (Å²) >= 11 is 0. The van der Waals surface area contributed by atoms with Gasteiger partial charge in [-0.25, -0.2) is 9.13 Å². The maximum atomic E-state index is 13.0. The largest absolute Gasteiger partial charge is 0.472 e. The van der Waals surface area contributed by atoms with Crippen molar-refractivity contribution in [3.05, 3.63) is 0 Å². The number of phosphoric ester groups is 2. The second-order valence-corrected chi connectivity index (χ2v) is 30.9. The lowest BCUT2D eigenvalue weighted by Gasteiger charge is -2.21. The van der Waals surface area contributed by atoms with Crippen molar-refractivity contribution in [1.82, 2.24) is 0 Å². The Morgan fingerprint density at radius 2 is 0.522 bits per heavy atom. The Morgan fingerprint density at radius 3 is 0.772 bits per heavy atom. The minimum Gasteiger partial charge on any atom is -0.462 e. The third-order valence-corrected chi connectivity index (χ3v) is 19.1. The van der Waals surface area contributed by atoms with Crippen molar-refractivity contribution in [2.75, 3.05) is 39.6 Å². The number of unbranched alkanes of at least 4 members (excludes halogenated alkanes) is 35. The summed E-state index contributed by atoms with van der Waals surface area (Å²) in [5.74, 6) is 0.863. The first-order valence-corrected chi connectivity index (χ1v) is 40.7. The highest BCUT2D eigenvalue weighted by molar-refractivity contribution is 7.47. The van der Waals surface area contributed by atoms with Crippen LogP contribution in [-0.4, -0.2) is 96.7 Å². The van der Waals surface area contributed by atoms with Crippen LogP contribution in [0, 0.1) is 23.7 Å². The van der Waals surface area contributed by atoms with E-state index >= 15 is 0 Å². The monoisotopic (exact) mass is 1350 g/mol. The van der Waals surface area contributed by atoms with E-state index < -0.39 is 97.5 Å². The molecule has 0 bridgehead atoms. The SMILES string of the molecule is CCC(C)CCCCCCCCCCCCC(=O)OC[C@H](COP(=O)(O)OCC(O)COP(=O)(O)OC[C@@H](COC(=O)CCCCCCCCCC(C)C)OC(=O)CCCCCCCCCCCCCCCCCCC(C)C)OC(=O)CCCCCCCCC(C)C. The van der Waals surface area contributed by atoms with E-state index in [1.165, 1.54) is 161 Å². The molecule has 0 aromatic rings. The first kappa shape index (κ1) is 90.1. The van der Waals surface area contributed by atoms with E-state index in [9.17, 15) is 43.2 Å². The van der Waals surface area contributed by atoms with Gasteiger partial charge in [-0.05, 0) is 49.4 Å². The molecule has 92 heavy (non-hydrogen) atoms. The normalized spacial score (nSPS) is 14.5. The maximum absolute atomic E-state index is 13.0. The number of carbonyl (C=O) groups is 4. The zero-order valence-electron chi connectivity index (χ0n) is 60.2. The Balaban J connectivity index is 5.18. The van der Waals surface area contributed by atoms with Crippen molar-refractivity contribution in [2.24, 2.45) is 23.7 Å². The lowest BCUT2D eigenvalue weighted by molar-refractivity contribution is -0.161. The molecule has 19 heteroatoms. The second kappa shape index (κ2) is 62.6. The number of phosphoric acid groups is 2. The first-order valence-electron chi connectivity index (χ1n) is 37.7. The fourth-order valence-corrected chi connectivity index (χ4v) is 12.6. The van der Waals surface area contributed by atoms with Crippen LogP contribution in [0.1, 0.15) is 364 Å². The standard InChI is InChI=1S/C73H142O17P2/c1-9-66(8)52-44-36-27-21-18-19-22-28-37-45-53-70(75)83-60-69(90-73(78)56-48-40-32-31-35-43-51-65(6)7)62-88-92(81,82)86-58-67(74)57-85-91(79,80)87-61-68(59-84-71(76)54-46-38-30-24-26-34-42-50-64(4)5)89-72(77)55-47-39-29-23-17-15-13-11-10-12-14-16-20-25-33-41-49-63(2)3/h63-69,74H,9-62H2,1-8H3,(H,79,80)(H,81,82)/t66?,67?,68-,69-/m1/s1. The van der Waals surface area contributed by atoms with E-state index in [2.05, 4.69) is 55.4 Å². The molecule has 0 aliphatic heterocycles. The van der Waals surface area contributed by atoms with Crippen LogP contribution in [0.5, 0.6) is 0 Å². The van der Waals surface area contributed by atoms with Crippen LogP contribution in [0.2, 0.25) is 0 Å². The maximum Gasteiger partial charge on any atom is 0.472 e.